The number of hydrogen-bond acceptors (Lipinski definition) is 4. The fourth-order valence-corrected chi connectivity index (χ4v) is 5.40. The van der Waals surface area contributed by atoms with Gasteiger partial charge in [-0.15, -0.1) is 0 Å². The second kappa shape index (κ2) is 41.2. The molecule has 0 aromatic heterocycles. The van der Waals surface area contributed by atoms with Gasteiger partial charge >= 0.3 is 11.9 Å². The minimum atomic E-state index is -0.0937. The van der Waals surface area contributed by atoms with Crippen LogP contribution in [-0.2, 0) is 40.8 Å². The Labute approximate surface area is 295 Å². The van der Waals surface area contributed by atoms with Crippen LogP contribution in [0.25, 0.3) is 0 Å². The van der Waals surface area contributed by atoms with Crippen LogP contribution in [0.4, 0.5) is 0 Å². The van der Waals surface area contributed by atoms with Crippen molar-refractivity contribution in [3.63, 3.8) is 0 Å². The van der Waals surface area contributed by atoms with E-state index in [0.717, 1.165) is 38.5 Å². The SMILES string of the molecule is CCCCCCCC/C=C\CCCCCCCC(=O)OCCCCOC(=O)CCCCCCC/C=C\CCCCCCCC.[Ti]. The van der Waals surface area contributed by atoms with Crippen LogP contribution < -0.4 is 0 Å². The van der Waals surface area contributed by atoms with Gasteiger partial charge in [0.25, 0.3) is 0 Å². The molecule has 0 spiro atoms. The zero-order chi connectivity index (χ0) is 32.0. The van der Waals surface area contributed by atoms with E-state index < -0.39 is 0 Å². The summed E-state index contributed by atoms with van der Waals surface area (Å²) in [5, 5.41) is 0. The van der Waals surface area contributed by atoms with E-state index in [-0.39, 0.29) is 33.7 Å². The van der Waals surface area contributed by atoms with Gasteiger partial charge in [-0.3, -0.25) is 9.59 Å². The van der Waals surface area contributed by atoms with Crippen molar-refractivity contribution in [1.82, 2.24) is 0 Å². The number of carbonyl (C=O) groups excluding carboxylic acids is 2. The first-order chi connectivity index (χ1) is 21.7. The molecular weight excluding hydrogens is 592 g/mol. The quantitative estimate of drug-likeness (QED) is 0.0292. The van der Waals surface area contributed by atoms with Crippen LogP contribution in [0, 0.1) is 0 Å². The fourth-order valence-electron chi connectivity index (χ4n) is 5.40. The molecule has 0 amide bonds. The number of allylic oxidation sites excluding steroid dienone is 4. The molecule has 0 radical (unpaired) electrons. The van der Waals surface area contributed by atoms with Crippen molar-refractivity contribution in [3.8, 4) is 0 Å². The average Bonchev–Trinajstić information content (AvgIpc) is 3.02. The average molecular weight is 667 g/mol. The molecule has 0 heterocycles. The second-order valence-corrected chi connectivity index (χ2v) is 12.8. The molecule has 0 saturated carbocycles. The molecule has 0 saturated heterocycles. The van der Waals surface area contributed by atoms with Gasteiger partial charge in [0.15, 0.2) is 0 Å². The molecule has 0 aromatic carbocycles. The summed E-state index contributed by atoms with van der Waals surface area (Å²) < 4.78 is 10.7. The molecule has 5 heteroatoms. The summed E-state index contributed by atoms with van der Waals surface area (Å²) in [7, 11) is 0. The summed E-state index contributed by atoms with van der Waals surface area (Å²) >= 11 is 0. The third kappa shape index (κ3) is 41.1. The number of ether oxygens (including phenoxy) is 2. The Bertz CT molecular complexity index is 605. The van der Waals surface area contributed by atoms with Crippen LogP contribution in [-0.4, -0.2) is 25.2 Å². The summed E-state index contributed by atoms with van der Waals surface area (Å²) in [5.74, 6) is -0.187. The third-order valence-corrected chi connectivity index (χ3v) is 8.35. The summed E-state index contributed by atoms with van der Waals surface area (Å²) in [6.45, 7) is 5.39. The Hall–Kier alpha value is -0.866. The maximum Gasteiger partial charge on any atom is 0.305 e. The maximum atomic E-state index is 11.9. The van der Waals surface area contributed by atoms with Gasteiger partial charge in [-0.05, 0) is 77.0 Å². The number of carbonyl (C=O) groups is 2. The first-order valence-corrected chi connectivity index (χ1v) is 19.3. The van der Waals surface area contributed by atoms with Gasteiger partial charge in [0, 0.05) is 34.6 Å². The van der Waals surface area contributed by atoms with E-state index in [4.69, 9.17) is 9.47 Å². The van der Waals surface area contributed by atoms with E-state index in [9.17, 15) is 9.59 Å². The fraction of sp³-hybridized carbons (Fsp3) is 0.850. The van der Waals surface area contributed by atoms with Gasteiger partial charge in [0.2, 0.25) is 0 Å². The van der Waals surface area contributed by atoms with Crippen LogP contribution in [0.3, 0.4) is 0 Å². The Kier molecular flexibility index (Phi) is 42.3. The molecule has 0 unspecified atom stereocenters. The standard InChI is InChI=1S/C40H74O4.Ti/c1-3-5-7-9-11-13-15-17-19-21-23-25-27-29-31-35-39(41)43-37-33-34-38-44-40(42)36-32-30-28-26-24-22-20-18-16-14-12-10-8-6-4-2;/h17-20H,3-16,21-38H2,1-2H3;/b19-17-,20-18-;. The minimum absolute atomic E-state index is 0. The largest absolute Gasteiger partial charge is 0.466 e. The molecule has 0 bridgehead atoms. The van der Waals surface area contributed by atoms with Crippen LogP contribution >= 0.6 is 0 Å². The van der Waals surface area contributed by atoms with Crippen molar-refractivity contribution in [2.45, 2.75) is 206 Å². The summed E-state index contributed by atoms with van der Waals surface area (Å²) in [6, 6.07) is 0. The number of esters is 2. The molecule has 0 aliphatic rings. The molecule has 262 valence electrons. The molecule has 0 aliphatic carbocycles. The molecular formula is C40H74O4Ti. The van der Waals surface area contributed by atoms with Crippen LogP contribution in [0.15, 0.2) is 24.3 Å². The van der Waals surface area contributed by atoms with Crippen molar-refractivity contribution < 1.29 is 40.8 Å². The van der Waals surface area contributed by atoms with Crippen molar-refractivity contribution in [2.24, 2.45) is 0 Å². The van der Waals surface area contributed by atoms with E-state index in [1.807, 2.05) is 0 Å². The molecule has 0 rings (SSSR count). The van der Waals surface area contributed by atoms with E-state index in [1.165, 1.54) is 141 Å². The van der Waals surface area contributed by atoms with Crippen molar-refractivity contribution in [3.05, 3.63) is 24.3 Å². The van der Waals surface area contributed by atoms with Gasteiger partial charge in [0.05, 0.1) is 13.2 Å². The Balaban J connectivity index is 0. The second-order valence-electron chi connectivity index (χ2n) is 12.8. The number of hydrogen-bond donors (Lipinski definition) is 0. The van der Waals surface area contributed by atoms with Crippen LogP contribution in [0.1, 0.15) is 206 Å². The summed E-state index contributed by atoms with van der Waals surface area (Å²) in [5.41, 5.74) is 0. The zero-order valence-electron chi connectivity index (χ0n) is 30.1. The van der Waals surface area contributed by atoms with Crippen molar-refractivity contribution in [2.75, 3.05) is 13.2 Å². The minimum Gasteiger partial charge on any atom is -0.466 e. The molecule has 0 aromatic rings. The van der Waals surface area contributed by atoms with Gasteiger partial charge in [-0.25, -0.2) is 0 Å². The Morgan fingerprint density at radius 2 is 0.644 bits per heavy atom. The first kappa shape index (κ1) is 46.3. The normalized spacial score (nSPS) is 11.3. The third-order valence-electron chi connectivity index (χ3n) is 8.35. The van der Waals surface area contributed by atoms with Gasteiger partial charge < -0.3 is 9.47 Å². The van der Waals surface area contributed by atoms with Gasteiger partial charge in [-0.1, -0.05) is 141 Å². The molecule has 0 N–H and O–H groups in total. The zero-order valence-corrected chi connectivity index (χ0v) is 31.6. The first-order valence-electron chi connectivity index (χ1n) is 19.3. The molecule has 0 atom stereocenters. The molecule has 0 fully saturated rings. The smallest absolute Gasteiger partial charge is 0.305 e. The molecule has 4 nitrogen and oxygen atoms in total. The number of unbranched alkanes of at least 4 members (excludes halogenated alkanes) is 23. The number of rotatable bonds is 35. The van der Waals surface area contributed by atoms with Crippen molar-refractivity contribution >= 4 is 11.9 Å². The van der Waals surface area contributed by atoms with Crippen molar-refractivity contribution in [1.29, 1.82) is 0 Å². The van der Waals surface area contributed by atoms with E-state index in [2.05, 4.69) is 38.2 Å². The van der Waals surface area contributed by atoms with Crippen LogP contribution in [0.5, 0.6) is 0 Å². The predicted octanol–water partition coefficient (Wildman–Crippen LogP) is 12.9. The monoisotopic (exact) mass is 667 g/mol. The summed E-state index contributed by atoms with van der Waals surface area (Å²) in [6.07, 6.45) is 44.6. The predicted molar refractivity (Wildman–Crippen MR) is 190 cm³/mol. The Morgan fingerprint density at radius 1 is 0.378 bits per heavy atom. The van der Waals surface area contributed by atoms with E-state index in [1.54, 1.807) is 0 Å². The molecule has 0 aliphatic heterocycles. The topological polar surface area (TPSA) is 52.6 Å². The van der Waals surface area contributed by atoms with E-state index in [0.29, 0.717) is 26.1 Å². The summed E-state index contributed by atoms with van der Waals surface area (Å²) in [4.78, 5) is 23.8. The van der Waals surface area contributed by atoms with Crippen LogP contribution in [0.2, 0.25) is 0 Å². The van der Waals surface area contributed by atoms with E-state index >= 15 is 0 Å². The maximum absolute atomic E-state index is 11.9. The van der Waals surface area contributed by atoms with Gasteiger partial charge in [-0.2, -0.15) is 0 Å². The Morgan fingerprint density at radius 3 is 0.956 bits per heavy atom. The molecule has 45 heavy (non-hydrogen) atoms. The van der Waals surface area contributed by atoms with Gasteiger partial charge in [0.1, 0.15) is 0 Å².